The molecule has 0 aromatic heterocycles. The molecule has 18 heavy (non-hydrogen) atoms. The van der Waals surface area contributed by atoms with E-state index in [1.807, 2.05) is 18.2 Å². The van der Waals surface area contributed by atoms with E-state index in [0.717, 1.165) is 6.42 Å². The van der Waals surface area contributed by atoms with E-state index in [-0.39, 0.29) is 13.2 Å². The number of unbranched alkanes of at least 4 members (excludes halogenated alkanes) is 4. The molecule has 0 bridgehead atoms. The molecule has 0 radical (unpaired) electrons. The fraction of sp³-hybridized carbons (Fsp3) is 0.600. The SMILES string of the molecule is CCCCCC/C=C/C=C/C=C/OCC(O)CO. The van der Waals surface area contributed by atoms with Gasteiger partial charge in [-0.1, -0.05) is 50.5 Å². The smallest absolute Gasteiger partial charge is 0.115 e. The van der Waals surface area contributed by atoms with E-state index < -0.39 is 6.10 Å². The highest BCUT2D eigenvalue weighted by Crippen LogP contribution is 2.02. The van der Waals surface area contributed by atoms with Crippen LogP contribution in [0.1, 0.15) is 39.0 Å². The van der Waals surface area contributed by atoms with Gasteiger partial charge in [0.15, 0.2) is 0 Å². The molecular weight excluding hydrogens is 228 g/mol. The summed E-state index contributed by atoms with van der Waals surface area (Å²) in [5.74, 6) is 0. The molecule has 0 aliphatic rings. The Balaban J connectivity index is 3.41. The van der Waals surface area contributed by atoms with Crippen LogP contribution in [0.15, 0.2) is 36.6 Å². The van der Waals surface area contributed by atoms with Crippen LogP contribution in [0.25, 0.3) is 0 Å². The molecule has 0 saturated heterocycles. The second-order valence-corrected chi connectivity index (χ2v) is 4.16. The Bertz CT molecular complexity index is 244. The second kappa shape index (κ2) is 14.0. The summed E-state index contributed by atoms with van der Waals surface area (Å²) in [5.41, 5.74) is 0. The summed E-state index contributed by atoms with van der Waals surface area (Å²) < 4.78 is 4.99. The molecule has 0 rings (SSSR count). The van der Waals surface area contributed by atoms with Crippen molar-refractivity contribution >= 4 is 0 Å². The molecule has 0 aromatic carbocycles. The first-order chi connectivity index (χ1) is 8.81. The Kier molecular flexibility index (Phi) is 13.2. The molecule has 0 fully saturated rings. The van der Waals surface area contributed by atoms with E-state index in [4.69, 9.17) is 14.9 Å². The van der Waals surface area contributed by atoms with E-state index >= 15 is 0 Å². The van der Waals surface area contributed by atoms with Gasteiger partial charge in [0.05, 0.1) is 12.9 Å². The summed E-state index contributed by atoms with van der Waals surface area (Å²) in [7, 11) is 0. The van der Waals surface area contributed by atoms with Crippen LogP contribution in [0.4, 0.5) is 0 Å². The first kappa shape index (κ1) is 16.9. The van der Waals surface area contributed by atoms with Gasteiger partial charge in [0, 0.05) is 0 Å². The molecule has 0 spiro atoms. The molecule has 0 heterocycles. The lowest BCUT2D eigenvalue weighted by atomic mass is 10.1. The van der Waals surface area contributed by atoms with Crippen molar-refractivity contribution < 1.29 is 14.9 Å². The van der Waals surface area contributed by atoms with Crippen molar-refractivity contribution in [3.8, 4) is 0 Å². The van der Waals surface area contributed by atoms with Crippen LogP contribution in [0.3, 0.4) is 0 Å². The zero-order valence-corrected chi connectivity index (χ0v) is 11.3. The van der Waals surface area contributed by atoms with Gasteiger partial charge in [-0.3, -0.25) is 0 Å². The second-order valence-electron chi connectivity index (χ2n) is 4.16. The maximum Gasteiger partial charge on any atom is 0.115 e. The van der Waals surface area contributed by atoms with E-state index in [1.54, 1.807) is 6.08 Å². The minimum atomic E-state index is -0.804. The first-order valence-electron chi connectivity index (χ1n) is 6.70. The quantitative estimate of drug-likeness (QED) is 0.338. The standard InChI is InChI=1S/C15H26O3/c1-2-3-4-5-6-7-8-9-10-11-12-18-14-15(17)13-16/h7-12,15-17H,2-6,13-14H2,1H3/b8-7+,10-9+,12-11+. The van der Waals surface area contributed by atoms with Crippen LogP contribution >= 0.6 is 0 Å². The van der Waals surface area contributed by atoms with E-state index in [2.05, 4.69) is 13.0 Å². The number of hydrogen-bond acceptors (Lipinski definition) is 3. The fourth-order valence-electron chi connectivity index (χ4n) is 1.31. The lowest BCUT2D eigenvalue weighted by Crippen LogP contribution is -2.17. The highest BCUT2D eigenvalue weighted by molar-refractivity contribution is 5.09. The number of aliphatic hydroxyl groups excluding tert-OH is 2. The molecule has 0 aliphatic carbocycles. The van der Waals surface area contributed by atoms with E-state index in [9.17, 15) is 0 Å². The largest absolute Gasteiger partial charge is 0.498 e. The molecule has 2 N–H and O–H groups in total. The third-order valence-corrected chi connectivity index (χ3v) is 2.37. The van der Waals surface area contributed by atoms with Crippen molar-refractivity contribution in [2.75, 3.05) is 13.2 Å². The monoisotopic (exact) mass is 254 g/mol. The van der Waals surface area contributed by atoms with Crippen LogP contribution in [-0.2, 0) is 4.74 Å². The molecule has 0 saturated carbocycles. The summed E-state index contributed by atoms with van der Waals surface area (Å²) in [6.45, 7) is 2.06. The lowest BCUT2D eigenvalue weighted by molar-refractivity contribution is 0.0384. The fourth-order valence-corrected chi connectivity index (χ4v) is 1.31. The van der Waals surface area contributed by atoms with Gasteiger partial charge in [-0.2, -0.15) is 0 Å². The van der Waals surface area contributed by atoms with E-state index in [0.29, 0.717) is 0 Å². The summed E-state index contributed by atoms with van der Waals surface area (Å²) >= 11 is 0. The van der Waals surface area contributed by atoms with Gasteiger partial charge < -0.3 is 14.9 Å². The average molecular weight is 254 g/mol. The van der Waals surface area contributed by atoms with Gasteiger partial charge in [-0.25, -0.2) is 0 Å². The van der Waals surface area contributed by atoms with Gasteiger partial charge in [0.1, 0.15) is 12.7 Å². The highest BCUT2D eigenvalue weighted by atomic mass is 16.5. The van der Waals surface area contributed by atoms with Crippen molar-refractivity contribution in [1.82, 2.24) is 0 Å². The summed E-state index contributed by atoms with van der Waals surface area (Å²) in [6.07, 6.45) is 16.8. The molecule has 0 amide bonds. The van der Waals surface area contributed by atoms with Crippen molar-refractivity contribution in [2.45, 2.75) is 45.1 Å². The predicted octanol–water partition coefficient (Wildman–Crippen LogP) is 2.95. The molecule has 104 valence electrons. The van der Waals surface area contributed by atoms with Gasteiger partial charge >= 0.3 is 0 Å². The first-order valence-corrected chi connectivity index (χ1v) is 6.70. The third-order valence-electron chi connectivity index (χ3n) is 2.37. The summed E-state index contributed by atoms with van der Waals surface area (Å²) in [6, 6.07) is 0. The molecule has 3 nitrogen and oxygen atoms in total. The van der Waals surface area contributed by atoms with Gasteiger partial charge in [0.25, 0.3) is 0 Å². The molecule has 0 aromatic rings. The zero-order chi connectivity index (χ0) is 13.5. The van der Waals surface area contributed by atoms with Crippen LogP contribution in [-0.4, -0.2) is 29.5 Å². The maximum absolute atomic E-state index is 8.98. The number of ether oxygens (including phenoxy) is 1. The number of allylic oxidation sites excluding steroid dienone is 5. The maximum atomic E-state index is 8.98. The summed E-state index contributed by atoms with van der Waals surface area (Å²) in [4.78, 5) is 0. The lowest BCUT2D eigenvalue weighted by Gasteiger charge is -2.04. The van der Waals surface area contributed by atoms with Crippen molar-refractivity contribution in [3.63, 3.8) is 0 Å². The molecular formula is C15H26O3. The topological polar surface area (TPSA) is 49.7 Å². The Hall–Kier alpha value is -1.06. The number of hydrogen-bond donors (Lipinski definition) is 2. The third kappa shape index (κ3) is 13.0. The Morgan fingerprint density at radius 2 is 1.83 bits per heavy atom. The predicted molar refractivity (Wildman–Crippen MR) is 75.2 cm³/mol. The van der Waals surface area contributed by atoms with Crippen molar-refractivity contribution in [1.29, 1.82) is 0 Å². The average Bonchev–Trinajstić information content (AvgIpc) is 2.39. The molecule has 0 aliphatic heterocycles. The van der Waals surface area contributed by atoms with Gasteiger partial charge in [0.2, 0.25) is 0 Å². The van der Waals surface area contributed by atoms with Crippen molar-refractivity contribution in [3.05, 3.63) is 36.6 Å². The van der Waals surface area contributed by atoms with Crippen LogP contribution in [0, 0.1) is 0 Å². The highest BCUT2D eigenvalue weighted by Gasteiger charge is 1.98. The Morgan fingerprint density at radius 3 is 2.56 bits per heavy atom. The molecule has 1 atom stereocenters. The Labute approximate surface area is 110 Å². The van der Waals surface area contributed by atoms with E-state index in [1.165, 1.54) is 31.9 Å². The van der Waals surface area contributed by atoms with Crippen LogP contribution in [0.5, 0.6) is 0 Å². The minimum Gasteiger partial charge on any atom is -0.498 e. The van der Waals surface area contributed by atoms with Crippen LogP contribution < -0.4 is 0 Å². The van der Waals surface area contributed by atoms with Gasteiger partial charge in [-0.05, 0) is 18.9 Å². The minimum absolute atomic E-state index is 0.119. The molecule has 3 heteroatoms. The van der Waals surface area contributed by atoms with Gasteiger partial charge in [-0.15, -0.1) is 0 Å². The number of rotatable bonds is 11. The molecule has 1 unspecified atom stereocenters. The summed E-state index contributed by atoms with van der Waals surface area (Å²) in [5, 5.41) is 17.5. The van der Waals surface area contributed by atoms with Crippen LogP contribution in [0.2, 0.25) is 0 Å². The Morgan fingerprint density at radius 1 is 1.06 bits per heavy atom. The number of aliphatic hydroxyl groups is 2. The normalized spacial score (nSPS) is 13.9. The zero-order valence-electron chi connectivity index (χ0n) is 11.3. The van der Waals surface area contributed by atoms with Crippen molar-refractivity contribution in [2.24, 2.45) is 0 Å².